The predicted molar refractivity (Wildman–Crippen MR) is 81.8 cm³/mol. The number of benzene rings is 2. The Bertz CT molecular complexity index is 666. The van der Waals surface area contributed by atoms with E-state index in [2.05, 4.69) is 5.32 Å². The number of amides is 1. The van der Waals surface area contributed by atoms with Crippen LogP contribution in [0.3, 0.4) is 0 Å². The Balaban J connectivity index is 2.04. The first-order chi connectivity index (χ1) is 9.97. The second kappa shape index (κ2) is 6.91. The van der Waals surface area contributed by atoms with E-state index in [1.54, 1.807) is 25.1 Å². The van der Waals surface area contributed by atoms with Crippen molar-refractivity contribution in [2.24, 2.45) is 0 Å². The van der Waals surface area contributed by atoms with Crippen LogP contribution < -0.4 is 5.32 Å². The van der Waals surface area contributed by atoms with Gasteiger partial charge in [0.05, 0.1) is 16.0 Å². The highest BCUT2D eigenvalue weighted by atomic mass is 35.5. The molecule has 1 amide bonds. The van der Waals surface area contributed by atoms with Crippen LogP contribution in [0.2, 0.25) is 5.02 Å². The number of hydrogen-bond acceptors (Lipinski definition) is 2. The summed E-state index contributed by atoms with van der Waals surface area (Å²) in [7, 11) is 0. The highest BCUT2D eigenvalue weighted by molar-refractivity contribution is 8.00. The van der Waals surface area contributed by atoms with Crippen molar-refractivity contribution in [3.8, 4) is 0 Å². The van der Waals surface area contributed by atoms with Crippen LogP contribution >= 0.6 is 23.4 Å². The summed E-state index contributed by atoms with van der Waals surface area (Å²) in [6.45, 7) is 1.66. The average molecular weight is 328 g/mol. The summed E-state index contributed by atoms with van der Waals surface area (Å²) >= 11 is 6.94. The number of hydrogen-bond donors (Lipinski definition) is 1. The molecule has 1 atom stereocenters. The first-order valence-corrected chi connectivity index (χ1v) is 7.40. The number of carbonyl (C=O) groups is 1. The van der Waals surface area contributed by atoms with Crippen molar-refractivity contribution < 1.29 is 13.6 Å². The molecule has 21 heavy (non-hydrogen) atoms. The number of anilines is 1. The maximum absolute atomic E-state index is 13.5. The fourth-order valence-corrected chi connectivity index (χ4v) is 2.71. The highest BCUT2D eigenvalue weighted by Crippen LogP contribution is 2.28. The highest BCUT2D eigenvalue weighted by Gasteiger charge is 2.17. The molecule has 0 saturated heterocycles. The van der Waals surface area contributed by atoms with Crippen molar-refractivity contribution in [1.29, 1.82) is 0 Å². The second-order valence-electron chi connectivity index (χ2n) is 4.30. The molecule has 0 aliphatic rings. The van der Waals surface area contributed by atoms with Gasteiger partial charge in [-0.25, -0.2) is 8.78 Å². The van der Waals surface area contributed by atoms with E-state index in [-0.39, 0.29) is 16.7 Å². The van der Waals surface area contributed by atoms with Gasteiger partial charge in [-0.15, -0.1) is 11.8 Å². The third-order valence-electron chi connectivity index (χ3n) is 2.70. The summed E-state index contributed by atoms with van der Waals surface area (Å²) in [5.41, 5.74) is 0.323. The zero-order chi connectivity index (χ0) is 15.4. The normalized spacial score (nSPS) is 12.0. The number of rotatable bonds is 4. The van der Waals surface area contributed by atoms with E-state index in [9.17, 15) is 13.6 Å². The minimum Gasteiger partial charge on any atom is -0.324 e. The summed E-state index contributed by atoms with van der Waals surface area (Å²) in [6, 6.07) is 9.94. The van der Waals surface area contributed by atoms with E-state index in [0.29, 0.717) is 10.6 Å². The lowest BCUT2D eigenvalue weighted by molar-refractivity contribution is -0.115. The SMILES string of the molecule is C[C@@H](Sc1ccccc1F)C(=O)Nc1ccc(F)cc1Cl. The molecular weight excluding hydrogens is 316 g/mol. The van der Waals surface area contributed by atoms with Crippen LogP contribution in [-0.2, 0) is 4.79 Å². The molecule has 2 aromatic carbocycles. The summed E-state index contributed by atoms with van der Waals surface area (Å²) in [4.78, 5) is 12.5. The van der Waals surface area contributed by atoms with Gasteiger partial charge in [0.15, 0.2) is 0 Å². The van der Waals surface area contributed by atoms with Crippen LogP contribution in [0, 0.1) is 11.6 Å². The van der Waals surface area contributed by atoms with Crippen molar-refractivity contribution in [3.05, 3.63) is 59.1 Å². The third kappa shape index (κ3) is 4.19. The lowest BCUT2D eigenvalue weighted by Crippen LogP contribution is -2.22. The summed E-state index contributed by atoms with van der Waals surface area (Å²) in [5.74, 6) is -1.19. The molecule has 0 radical (unpaired) electrons. The summed E-state index contributed by atoms with van der Waals surface area (Å²) in [5, 5.41) is 2.19. The van der Waals surface area contributed by atoms with Gasteiger partial charge in [-0.1, -0.05) is 23.7 Å². The Kier molecular flexibility index (Phi) is 5.20. The van der Waals surface area contributed by atoms with E-state index >= 15 is 0 Å². The van der Waals surface area contributed by atoms with Gasteiger partial charge in [-0.05, 0) is 37.3 Å². The summed E-state index contributed by atoms with van der Waals surface area (Å²) < 4.78 is 26.5. The van der Waals surface area contributed by atoms with Gasteiger partial charge >= 0.3 is 0 Å². The van der Waals surface area contributed by atoms with Crippen LogP contribution in [0.5, 0.6) is 0 Å². The molecule has 110 valence electrons. The van der Waals surface area contributed by atoms with Crippen LogP contribution in [0.4, 0.5) is 14.5 Å². The van der Waals surface area contributed by atoms with Crippen molar-refractivity contribution in [2.75, 3.05) is 5.32 Å². The van der Waals surface area contributed by atoms with Gasteiger partial charge in [0.2, 0.25) is 5.91 Å². The predicted octanol–water partition coefficient (Wildman–Crippen LogP) is 4.74. The Morgan fingerprint density at radius 2 is 1.95 bits per heavy atom. The molecule has 0 heterocycles. The van der Waals surface area contributed by atoms with E-state index in [0.717, 1.165) is 17.8 Å². The first-order valence-electron chi connectivity index (χ1n) is 6.14. The van der Waals surface area contributed by atoms with Crippen LogP contribution in [-0.4, -0.2) is 11.2 Å². The molecule has 1 N–H and O–H groups in total. The van der Waals surface area contributed by atoms with Crippen molar-refractivity contribution in [1.82, 2.24) is 0 Å². The molecule has 2 rings (SSSR count). The maximum Gasteiger partial charge on any atom is 0.237 e. The fourth-order valence-electron chi connectivity index (χ4n) is 1.61. The van der Waals surface area contributed by atoms with Gasteiger partial charge in [-0.3, -0.25) is 4.79 Å². The van der Waals surface area contributed by atoms with Crippen molar-refractivity contribution >= 4 is 35.0 Å². The molecule has 2 aromatic rings. The summed E-state index contributed by atoms with van der Waals surface area (Å²) in [6.07, 6.45) is 0. The molecule has 0 spiro atoms. The third-order valence-corrected chi connectivity index (χ3v) is 4.16. The van der Waals surface area contributed by atoms with Gasteiger partial charge in [0, 0.05) is 4.90 Å². The molecule has 0 fully saturated rings. The number of halogens is 3. The minimum absolute atomic E-state index is 0.117. The largest absolute Gasteiger partial charge is 0.324 e. The monoisotopic (exact) mass is 327 g/mol. The van der Waals surface area contributed by atoms with Gasteiger partial charge in [0.25, 0.3) is 0 Å². The second-order valence-corrected chi connectivity index (χ2v) is 6.09. The number of nitrogens with one attached hydrogen (secondary N) is 1. The molecule has 0 bridgehead atoms. The topological polar surface area (TPSA) is 29.1 Å². The average Bonchev–Trinajstić information content (AvgIpc) is 2.44. The van der Waals surface area contributed by atoms with Crippen molar-refractivity contribution in [2.45, 2.75) is 17.1 Å². The van der Waals surface area contributed by atoms with Gasteiger partial charge in [0.1, 0.15) is 11.6 Å². The van der Waals surface area contributed by atoms with E-state index in [1.807, 2.05) is 0 Å². The van der Waals surface area contributed by atoms with E-state index < -0.39 is 11.1 Å². The zero-order valence-electron chi connectivity index (χ0n) is 11.1. The number of carbonyl (C=O) groups excluding carboxylic acids is 1. The van der Waals surface area contributed by atoms with Crippen LogP contribution in [0.15, 0.2) is 47.4 Å². The Morgan fingerprint density at radius 1 is 1.24 bits per heavy atom. The first kappa shape index (κ1) is 15.8. The molecule has 0 aromatic heterocycles. The Labute approximate surface area is 130 Å². The molecule has 6 heteroatoms. The lowest BCUT2D eigenvalue weighted by atomic mass is 10.3. The molecule has 0 saturated carbocycles. The quantitative estimate of drug-likeness (QED) is 0.822. The fraction of sp³-hybridized carbons (Fsp3) is 0.133. The van der Waals surface area contributed by atoms with Gasteiger partial charge < -0.3 is 5.32 Å². The van der Waals surface area contributed by atoms with Crippen molar-refractivity contribution in [3.63, 3.8) is 0 Å². The zero-order valence-corrected chi connectivity index (χ0v) is 12.6. The smallest absolute Gasteiger partial charge is 0.237 e. The molecule has 0 unspecified atom stereocenters. The molecule has 2 nitrogen and oxygen atoms in total. The molecule has 0 aliphatic heterocycles. The Morgan fingerprint density at radius 3 is 2.62 bits per heavy atom. The van der Waals surface area contributed by atoms with E-state index in [1.165, 1.54) is 18.2 Å². The van der Waals surface area contributed by atoms with Crippen LogP contribution in [0.1, 0.15) is 6.92 Å². The Hall–Kier alpha value is -1.59. The van der Waals surface area contributed by atoms with Gasteiger partial charge in [-0.2, -0.15) is 0 Å². The minimum atomic E-state index is -0.525. The molecule has 0 aliphatic carbocycles. The lowest BCUT2D eigenvalue weighted by Gasteiger charge is -2.13. The maximum atomic E-state index is 13.5. The standard InChI is InChI=1S/C15H12ClF2NOS/c1-9(21-14-5-3-2-4-12(14)18)15(20)19-13-7-6-10(17)8-11(13)16/h2-9H,1H3,(H,19,20)/t9-/m1/s1. The van der Waals surface area contributed by atoms with E-state index in [4.69, 9.17) is 11.6 Å². The molecular formula is C15H12ClF2NOS. The number of thioether (sulfide) groups is 1. The van der Waals surface area contributed by atoms with Crippen LogP contribution in [0.25, 0.3) is 0 Å².